The van der Waals surface area contributed by atoms with E-state index in [1.807, 2.05) is 53.1 Å². The summed E-state index contributed by atoms with van der Waals surface area (Å²) < 4.78 is 52.5. The molecule has 142 valence electrons. The Morgan fingerprint density at radius 2 is 1.21 bits per heavy atom. The van der Waals surface area contributed by atoms with Crippen molar-refractivity contribution in [1.82, 2.24) is 4.57 Å². The molecule has 0 fully saturated rings. The summed E-state index contributed by atoms with van der Waals surface area (Å²) in [6.07, 6.45) is 0. The topological polar surface area (TPSA) is 73.2 Å². The van der Waals surface area contributed by atoms with Crippen molar-refractivity contribution in [3.8, 4) is 5.69 Å². The van der Waals surface area contributed by atoms with Gasteiger partial charge in [-0.1, -0.05) is 42.5 Å². The van der Waals surface area contributed by atoms with Gasteiger partial charge < -0.3 is 4.57 Å². The number of hydrogen-bond donors (Lipinski definition) is 0. The van der Waals surface area contributed by atoms with Gasteiger partial charge >= 0.3 is 0 Å². The zero-order valence-electron chi connectivity index (χ0n) is 15.2. The molecular formula is C21H17NO4S2. The van der Waals surface area contributed by atoms with Gasteiger partial charge in [-0.25, -0.2) is 16.8 Å². The van der Waals surface area contributed by atoms with Crippen LogP contribution < -0.4 is 0 Å². The Labute approximate surface area is 163 Å². The molecule has 1 aliphatic heterocycles. The van der Waals surface area contributed by atoms with E-state index in [2.05, 4.69) is 0 Å². The summed E-state index contributed by atoms with van der Waals surface area (Å²) in [6, 6.07) is 20.1. The average Bonchev–Trinajstić information content (AvgIpc) is 3.05. The molecule has 0 unspecified atom stereocenters. The van der Waals surface area contributed by atoms with E-state index in [-0.39, 0.29) is 9.79 Å². The third kappa shape index (κ3) is 1.85. The number of para-hydroxylation sites is 2. The molecule has 0 radical (unpaired) electrons. The van der Waals surface area contributed by atoms with Crippen molar-refractivity contribution in [3.63, 3.8) is 0 Å². The monoisotopic (exact) mass is 411 g/mol. The standard InChI is InChI=1S/C21H17NO4S2/c1-21(2)27(23,24)19-13-7-12-18(20(19)28(21,25)26)22-16-10-5-3-8-14(16)15-9-4-6-11-17(15)22/h3-13H,1-2H3. The Bertz CT molecular complexity index is 1460. The second-order valence-electron chi connectivity index (χ2n) is 7.38. The largest absolute Gasteiger partial charge is 0.308 e. The molecule has 2 heterocycles. The Hall–Kier alpha value is -2.64. The first kappa shape index (κ1) is 17.5. The van der Waals surface area contributed by atoms with Crippen LogP contribution in [0, 0.1) is 0 Å². The fourth-order valence-corrected chi connectivity index (χ4v) is 8.73. The van der Waals surface area contributed by atoms with Crippen LogP contribution in [0.3, 0.4) is 0 Å². The summed E-state index contributed by atoms with van der Waals surface area (Å²) in [4.78, 5) is -0.247. The van der Waals surface area contributed by atoms with E-state index in [1.165, 1.54) is 19.9 Å². The first-order chi connectivity index (χ1) is 13.2. The van der Waals surface area contributed by atoms with Gasteiger partial charge in [0.05, 0.1) is 21.6 Å². The predicted octanol–water partition coefficient (Wildman–Crippen LogP) is 4.08. The molecule has 7 heteroatoms. The molecule has 0 bridgehead atoms. The van der Waals surface area contributed by atoms with Crippen LogP contribution in [-0.4, -0.2) is 25.5 Å². The molecule has 4 aromatic rings. The van der Waals surface area contributed by atoms with Crippen LogP contribution in [0.25, 0.3) is 27.5 Å². The van der Waals surface area contributed by atoms with E-state index in [9.17, 15) is 16.8 Å². The van der Waals surface area contributed by atoms with Crippen molar-refractivity contribution >= 4 is 41.5 Å². The van der Waals surface area contributed by atoms with E-state index >= 15 is 0 Å². The molecular weight excluding hydrogens is 394 g/mol. The molecule has 0 aliphatic carbocycles. The fraction of sp³-hybridized carbons (Fsp3) is 0.143. The summed E-state index contributed by atoms with van der Waals surface area (Å²) >= 11 is 0. The van der Waals surface area contributed by atoms with Crippen molar-refractivity contribution in [2.24, 2.45) is 0 Å². The lowest BCUT2D eigenvalue weighted by Gasteiger charge is -2.16. The Morgan fingerprint density at radius 3 is 1.79 bits per heavy atom. The van der Waals surface area contributed by atoms with Crippen molar-refractivity contribution in [2.75, 3.05) is 0 Å². The second-order valence-corrected chi connectivity index (χ2v) is 12.5. The Morgan fingerprint density at radius 1 is 0.679 bits per heavy atom. The SMILES string of the molecule is CC1(C)S(=O)(=O)c2cccc(-n3c4ccccc4c4ccccc43)c2S1(=O)=O. The van der Waals surface area contributed by atoms with Gasteiger partial charge in [-0.3, -0.25) is 0 Å². The van der Waals surface area contributed by atoms with E-state index in [1.54, 1.807) is 12.1 Å². The minimum atomic E-state index is -4.09. The Kier molecular flexibility index (Phi) is 3.27. The summed E-state index contributed by atoms with van der Waals surface area (Å²) in [5.74, 6) is 0. The van der Waals surface area contributed by atoms with Crippen LogP contribution in [0.1, 0.15) is 13.8 Å². The lowest BCUT2D eigenvalue weighted by atomic mass is 10.2. The summed E-state index contributed by atoms with van der Waals surface area (Å²) in [5.41, 5.74) is 2.02. The summed E-state index contributed by atoms with van der Waals surface area (Å²) in [5, 5.41) is 1.96. The molecule has 0 spiro atoms. The zero-order valence-corrected chi connectivity index (χ0v) is 16.9. The highest BCUT2D eigenvalue weighted by atomic mass is 32.3. The van der Waals surface area contributed by atoms with Crippen LogP contribution >= 0.6 is 0 Å². The highest BCUT2D eigenvalue weighted by Gasteiger charge is 2.57. The van der Waals surface area contributed by atoms with Gasteiger partial charge in [0.1, 0.15) is 4.90 Å². The molecule has 1 aliphatic rings. The Balaban J connectivity index is 2.03. The van der Waals surface area contributed by atoms with Gasteiger partial charge in [0.25, 0.3) is 0 Å². The van der Waals surface area contributed by atoms with Gasteiger partial charge in [0, 0.05) is 10.8 Å². The lowest BCUT2D eigenvalue weighted by Crippen LogP contribution is -2.34. The molecule has 5 rings (SSSR count). The lowest BCUT2D eigenvalue weighted by molar-refractivity contribution is 0.566. The normalized spacial score (nSPS) is 19.1. The minimum Gasteiger partial charge on any atom is -0.308 e. The first-order valence-electron chi connectivity index (χ1n) is 8.80. The number of fused-ring (bicyclic) bond motifs is 4. The van der Waals surface area contributed by atoms with Crippen molar-refractivity contribution in [2.45, 2.75) is 27.7 Å². The molecule has 0 saturated heterocycles. The number of rotatable bonds is 1. The van der Waals surface area contributed by atoms with Gasteiger partial charge in [-0.2, -0.15) is 0 Å². The quantitative estimate of drug-likeness (QED) is 0.473. The maximum absolute atomic E-state index is 13.3. The molecule has 28 heavy (non-hydrogen) atoms. The van der Waals surface area contributed by atoms with Crippen molar-refractivity contribution < 1.29 is 16.8 Å². The smallest absolute Gasteiger partial charge is 0.201 e. The van der Waals surface area contributed by atoms with E-state index in [0.717, 1.165) is 21.8 Å². The average molecular weight is 412 g/mol. The third-order valence-corrected chi connectivity index (χ3v) is 11.6. The van der Waals surface area contributed by atoms with Gasteiger partial charge in [-0.15, -0.1) is 0 Å². The molecule has 0 saturated carbocycles. The van der Waals surface area contributed by atoms with Crippen LogP contribution in [0.15, 0.2) is 76.5 Å². The predicted molar refractivity (Wildman–Crippen MR) is 109 cm³/mol. The van der Waals surface area contributed by atoms with E-state index in [0.29, 0.717) is 5.69 Å². The summed E-state index contributed by atoms with van der Waals surface area (Å²) in [7, 11) is -8.11. The minimum absolute atomic E-state index is 0.119. The van der Waals surface area contributed by atoms with Crippen molar-refractivity contribution in [1.29, 1.82) is 0 Å². The first-order valence-corrected chi connectivity index (χ1v) is 11.8. The highest BCUT2D eigenvalue weighted by Crippen LogP contribution is 2.48. The van der Waals surface area contributed by atoms with Gasteiger partial charge in [0.2, 0.25) is 9.84 Å². The molecule has 3 aromatic carbocycles. The molecule has 1 aromatic heterocycles. The van der Waals surface area contributed by atoms with E-state index in [4.69, 9.17) is 0 Å². The molecule has 5 nitrogen and oxygen atoms in total. The van der Waals surface area contributed by atoms with Gasteiger partial charge in [0.15, 0.2) is 13.9 Å². The zero-order chi connectivity index (χ0) is 19.9. The van der Waals surface area contributed by atoms with Crippen LogP contribution in [-0.2, 0) is 19.7 Å². The molecule has 0 amide bonds. The number of nitrogens with zero attached hydrogens (tertiary/aromatic N) is 1. The van der Waals surface area contributed by atoms with Crippen LogP contribution in [0.2, 0.25) is 0 Å². The van der Waals surface area contributed by atoms with Gasteiger partial charge in [-0.05, 0) is 38.1 Å². The maximum Gasteiger partial charge on any atom is 0.201 e. The number of aromatic nitrogens is 1. The molecule has 0 N–H and O–H groups in total. The van der Waals surface area contributed by atoms with Crippen LogP contribution in [0.5, 0.6) is 0 Å². The fourth-order valence-electron chi connectivity index (χ4n) is 4.00. The second kappa shape index (κ2) is 5.24. The maximum atomic E-state index is 13.3. The number of hydrogen-bond acceptors (Lipinski definition) is 4. The third-order valence-electron chi connectivity index (χ3n) is 5.63. The van der Waals surface area contributed by atoms with Crippen molar-refractivity contribution in [3.05, 3.63) is 66.7 Å². The summed E-state index contributed by atoms with van der Waals surface area (Å²) in [6.45, 7) is 2.51. The highest BCUT2D eigenvalue weighted by molar-refractivity contribution is 8.12. The van der Waals surface area contributed by atoms with Crippen LogP contribution in [0.4, 0.5) is 0 Å². The molecule has 0 atom stereocenters. The van der Waals surface area contributed by atoms with E-state index < -0.39 is 23.8 Å². The number of benzene rings is 3. The number of sulfone groups is 2.